The minimum Gasteiger partial charge on any atom is -0.461 e. The fraction of sp³-hybridized carbons (Fsp3) is 0.600. The second-order valence-electron chi connectivity index (χ2n) is 3.47. The van der Waals surface area contributed by atoms with E-state index in [0.717, 1.165) is 31.3 Å². The van der Waals surface area contributed by atoms with E-state index >= 15 is 0 Å². The lowest BCUT2D eigenvalue weighted by Gasteiger charge is -2.26. The predicted molar refractivity (Wildman–Crippen MR) is 73.5 cm³/mol. The third-order valence-electron chi connectivity index (χ3n) is 2.36. The molecule has 0 aromatic carbocycles. The molecule has 0 radical (unpaired) electrons. The Balaban J connectivity index is 0.00000144. The fourth-order valence-corrected chi connectivity index (χ4v) is 2.41. The molecule has 1 fully saturated rings. The van der Waals surface area contributed by atoms with Crippen LogP contribution >= 0.6 is 28.3 Å². The summed E-state index contributed by atoms with van der Waals surface area (Å²) < 4.78 is 4.90. The van der Waals surface area contributed by atoms with Gasteiger partial charge in [0, 0.05) is 31.6 Å². The molecule has 1 aromatic rings. The van der Waals surface area contributed by atoms with Crippen LogP contribution in [0.5, 0.6) is 0 Å². The van der Waals surface area contributed by atoms with Crippen molar-refractivity contribution in [2.24, 2.45) is 0 Å². The number of hydrogen-bond donors (Lipinski definition) is 1. The van der Waals surface area contributed by atoms with Gasteiger partial charge in [0.1, 0.15) is 0 Å². The van der Waals surface area contributed by atoms with E-state index in [1.165, 1.54) is 11.3 Å². The maximum atomic E-state index is 11.4. The van der Waals surface area contributed by atoms with Crippen molar-refractivity contribution in [3.05, 3.63) is 11.1 Å². The van der Waals surface area contributed by atoms with Crippen LogP contribution in [-0.2, 0) is 4.74 Å². The molecule has 0 bridgehead atoms. The SMILES string of the molecule is Br.CCOC(=O)c1csc(N2CCNCC2)n1. The number of thiazole rings is 1. The van der Waals surface area contributed by atoms with Crippen molar-refractivity contribution in [1.29, 1.82) is 0 Å². The van der Waals surface area contributed by atoms with Gasteiger partial charge in [0.15, 0.2) is 10.8 Å². The number of piperazine rings is 1. The summed E-state index contributed by atoms with van der Waals surface area (Å²) in [5, 5.41) is 5.94. The molecule has 0 spiro atoms. The Bertz CT molecular complexity index is 366. The molecule has 2 rings (SSSR count). The van der Waals surface area contributed by atoms with Crippen LogP contribution in [0.15, 0.2) is 5.38 Å². The van der Waals surface area contributed by atoms with Gasteiger partial charge in [-0.15, -0.1) is 28.3 Å². The maximum absolute atomic E-state index is 11.4. The van der Waals surface area contributed by atoms with E-state index in [0.29, 0.717) is 12.3 Å². The molecule has 7 heteroatoms. The largest absolute Gasteiger partial charge is 0.461 e. The van der Waals surface area contributed by atoms with E-state index < -0.39 is 0 Å². The summed E-state index contributed by atoms with van der Waals surface area (Å²) >= 11 is 1.50. The Kier molecular flexibility index (Phi) is 5.87. The Labute approximate surface area is 115 Å². The first-order valence-electron chi connectivity index (χ1n) is 5.39. The van der Waals surface area contributed by atoms with Gasteiger partial charge in [-0.05, 0) is 6.92 Å². The first-order valence-corrected chi connectivity index (χ1v) is 6.27. The monoisotopic (exact) mass is 321 g/mol. The number of hydrogen-bond acceptors (Lipinski definition) is 6. The molecule has 5 nitrogen and oxygen atoms in total. The van der Waals surface area contributed by atoms with Crippen molar-refractivity contribution >= 4 is 39.4 Å². The Hall–Kier alpha value is -0.660. The maximum Gasteiger partial charge on any atom is 0.357 e. The average molecular weight is 322 g/mol. The van der Waals surface area contributed by atoms with Crippen LogP contribution in [0.2, 0.25) is 0 Å². The van der Waals surface area contributed by atoms with Crippen LogP contribution < -0.4 is 10.2 Å². The van der Waals surface area contributed by atoms with Crippen molar-refractivity contribution < 1.29 is 9.53 Å². The van der Waals surface area contributed by atoms with Crippen LogP contribution in [0.1, 0.15) is 17.4 Å². The molecule has 0 amide bonds. The molecular weight excluding hydrogens is 306 g/mol. The van der Waals surface area contributed by atoms with Gasteiger partial charge in [0.2, 0.25) is 0 Å². The van der Waals surface area contributed by atoms with Crippen LogP contribution in [0.25, 0.3) is 0 Å². The molecule has 0 unspecified atom stereocenters. The van der Waals surface area contributed by atoms with Gasteiger partial charge in [-0.25, -0.2) is 9.78 Å². The van der Waals surface area contributed by atoms with Gasteiger partial charge < -0.3 is 15.0 Å². The Morgan fingerprint density at radius 3 is 2.94 bits per heavy atom. The summed E-state index contributed by atoms with van der Waals surface area (Å²) in [4.78, 5) is 17.9. The van der Waals surface area contributed by atoms with Crippen LogP contribution in [0.3, 0.4) is 0 Å². The fourth-order valence-electron chi connectivity index (χ4n) is 1.56. The summed E-state index contributed by atoms with van der Waals surface area (Å²) in [5.41, 5.74) is 0.417. The zero-order valence-corrected chi connectivity index (χ0v) is 12.2. The molecule has 1 saturated heterocycles. The van der Waals surface area contributed by atoms with Crippen molar-refractivity contribution in [2.45, 2.75) is 6.92 Å². The van der Waals surface area contributed by atoms with Crippen molar-refractivity contribution in [3.63, 3.8) is 0 Å². The molecule has 2 heterocycles. The molecule has 0 saturated carbocycles. The topological polar surface area (TPSA) is 54.5 Å². The number of carbonyl (C=O) groups is 1. The van der Waals surface area contributed by atoms with Gasteiger partial charge in [-0.3, -0.25) is 0 Å². The van der Waals surface area contributed by atoms with Crippen LogP contribution in [0, 0.1) is 0 Å². The van der Waals surface area contributed by atoms with Crippen molar-refractivity contribution in [2.75, 3.05) is 37.7 Å². The number of ether oxygens (including phenoxy) is 1. The minimum absolute atomic E-state index is 0. The normalized spacial score (nSPS) is 15.2. The average Bonchev–Trinajstić information content (AvgIpc) is 2.80. The quantitative estimate of drug-likeness (QED) is 0.851. The highest BCUT2D eigenvalue weighted by molar-refractivity contribution is 8.93. The predicted octanol–water partition coefficient (Wildman–Crippen LogP) is 1.31. The number of nitrogens with one attached hydrogen (secondary N) is 1. The first kappa shape index (κ1) is 14.4. The van der Waals surface area contributed by atoms with Crippen molar-refractivity contribution in [1.82, 2.24) is 10.3 Å². The Morgan fingerprint density at radius 1 is 1.59 bits per heavy atom. The number of anilines is 1. The molecular formula is C10H16BrN3O2S. The summed E-state index contributed by atoms with van der Waals surface area (Å²) in [7, 11) is 0. The van der Waals surface area contributed by atoms with E-state index in [9.17, 15) is 4.79 Å². The lowest BCUT2D eigenvalue weighted by atomic mass is 10.4. The number of nitrogens with zero attached hydrogens (tertiary/aromatic N) is 2. The molecule has 1 aromatic heterocycles. The van der Waals surface area contributed by atoms with Gasteiger partial charge in [-0.1, -0.05) is 0 Å². The molecule has 0 aliphatic carbocycles. The third kappa shape index (κ3) is 3.65. The molecule has 0 atom stereocenters. The number of rotatable bonds is 3. The van der Waals surface area contributed by atoms with E-state index in [1.807, 2.05) is 0 Å². The van der Waals surface area contributed by atoms with E-state index in [4.69, 9.17) is 4.74 Å². The van der Waals surface area contributed by atoms with Crippen LogP contribution in [0.4, 0.5) is 5.13 Å². The molecule has 17 heavy (non-hydrogen) atoms. The third-order valence-corrected chi connectivity index (χ3v) is 3.27. The van der Waals surface area contributed by atoms with Gasteiger partial charge in [-0.2, -0.15) is 0 Å². The summed E-state index contributed by atoms with van der Waals surface area (Å²) in [6.45, 7) is 6.00. The highest BCUT2D eigenvalue weighted by atomic mass is 79.9. The zero-order valence-electron chi connectivity index (χ0n) is 9.64. The summed E-state index contributed by atoms with van der Waals surface area (Å²) in [6, 6.07) is 0. The molecule has 96 valence electrons. The lowest BCUT2D eigenvalue weighted by Crippen LogP contribution is -2.43. The minimum atomic E-state index is -0.333. The number of halogens is 1. The van der Waals surface area contributed by atoms with Crippen LogP contribution in [-0.4, -0.2) is 43.7 Å². The molecule has 1 aliphatic rings. The van der Waals surface area contributed by atoms with E-state index in [1.54, 1.807) is 12.3 Å². The second-order valence-corrected chi connectivity index (χ2v) is 4.31. The summed E-state index contributed by atoms with van der Waals surface area (Å²) in [6.07, 6.45) is 0. The van der Waals surface area contributed by atoms with Gasteiger partial charge in [0.25, 0.3) is 0 Å². The lowest BCUT2D eigenvalue weighted by molar-refractivity contribution is 0.0520. The van der Waals surface area contributed by atoms with E-state index in [-0.39, 0.29) is 23.0 Å². The number of carbonyl (C=O) groups excluding carboxylic acids is 1. The first-order chi connectivity index (χ1) is 7.81. The molecule has 1 aliphatic heterocycles. The standard InChI is InChI=1S/C10H15N3O2S.BrH/c1-2-15-9(14)8-7-16-10(12-8)13-5-3-11-4-6-13;/h7,11H,2-6H2,1H3;1H. The van der Waals surface area contributed by atoms with Crippen molar-refractivity contribution in [3.8, 4) is 0 Å². The van der Waals surface area contributed by atoms with Gasteiger partial charge in [0.05, 0.1) is 6.61 Å². The summed E-state index contributed by atoms with van der Waals surface area (Å²) in [5.74, 6) is -0.333. The highest BCUT2D eigenvalue weighted by Crippen LogP contribution is 2.21. The highest BCUT2D eigenvalue weighted by Gasteiger charge is 2.17. The van der Waals surface area contributed by atoms with Gasteiger partial charge >= 0.3 is 5.97 Å². The zero-order chi connectivity index (χ0) is 11.4. The second kappa shape index (κ2) is 6.93. The molecule has 1 N–H and O–H groups in total. The number of esters is 1. The van der Waals surface area contributed by atoms with E-state index in [2.05, 4.69) is 15.2 Å². The Morgan fingerprint density at radius 2 is 2.29 bits per heavy atom. The smallest absolute Gasteiger partial charge is 0.357 e. The number of aromatic nitrogens is 1.